The van der Waals surface area contributed by atoms with Crippen LogP contribution in [0.1, 0.15) is 23.7 Å². The number of furan rings is 1. The van der Waals surface area contributed by atoms with Crippen LogP contribution in [0.3, 0.4) is 0 Å². The first-order chi connectivity index (χ1) is 7.69. The number of amides is 1. The van der Waals surface area contributed by atoms with Crippen LogP contribution in [0.2, 0.25) is 0 Å². The van der Waals surface area contributed by atoms with Crippen LogP contribution in [0.5, 0.6) is 0 Å². The molecule has 1 amide bonds. The van der Waals surface area contributed by atoms with Crippen LogP contribution < -0.4 is 5.73 Å². The number of hydrogen-bond donors (Lipinski definition) is 2. The summed E-state index contributed by atoms with van der Waals surface area (Å²) in [6, 6.07) is 1.58. The van der Waals surface area contributed by atoms with E-state index < -0.39 is 0 Å². The molecule has 0 saturated heterocycles. The minimum atomic E-state index is -0.192. The lowest BCUT2D eigenvalue weighted by Gasteiger charge is -2.20. The van der Waals surface area contributed by atoms with Gasteiger partial charge in [-0.2, -0.15) is 0 Å². The summed E-state index contributed by atoms with van der Waals surface area (Å²) in [5.41, 5.74) is 5.84. The zero-order valence-corrected chi connectivity index (χ0v) is 9.09. The number of amidine groups is 1. The van der Waals surface area contributed by atoms with E-state index >= 15 is 0 Å². The van der Waals surface area contributed by atoms with Gasteiger partial charge in [0.2, 0.25) is 0 Å². The monoisotopic (exact) mass is 225 g/mol. The highest BCUT2D eigenvalue weighted by Crippen LogP contribution is 2.06. The quantitative estimate of drug-likeness (QED) is 0.337. The van der Waals surface area contributed by atoms with Gasteiger partial charge in [0.25, 0.3) is 5.91 Å². The van der Waals surface area contributed by atoms with Crippen molar-refractivity contribution in [2.45, 2.75) is 13.3 Å². The van der Waals surface area contributed by atoms with Gasteiger partial charge in [-0.15, -0.1) is 0 Å². The molecule has 1 aromatic rings. The Balaban J connectivity index is 2.73. The highest BCUT2D eigenvalue weighted by atomic mass is 16.4. The number of carbonyl (C=O) groups is 1. The van der Waals surface area contributed by atoms with Gasteiger partial charge in [0.15, 0.2) is 5.84 Å². The Hall–Kier alpha value is -1.98. The van der Waals surface area contributed by atoms with Crippen molar-refractivity contribution in [1.29, 1.82) is 0 Å². The van der Waals surface area contributed by atoms with Gasteiger partial charge < -0.3 is 20.3 Å². The molecule has 88 valence electrons. The SMILES string of the molecule is CCCN(CC(N)=NO)C(=O)c1ccoc1. The molecule has 16 heavy (non-hydrogen) atoms. The number of rotatable bonds is 5. The molecular weight excluding hydrogens is 210 g/mol. The minimum absolute atomic E-state index is 0.00490. The molecule has 0 bridgehead atoms. The fourth-order valence-corrected chi connectivity index (χ4v) is 1.32. The zero-order valence-electron chi connectivity index (χ0n) is 9.09. The first-order valence-corrected chi connectivity index (χ1v) is 4.97. The maximum atomic E-state index is 11.9. The predicted molar refractivity (Wildman–Crippen MR) is 58.3 cm³/mol. The highest BCUT2D eigenvalue weighted by molar-refractivity contribution is 5.96. The molecule has 0 radical (unpaired) electrons. The topological polar surface area (TPSA) is 92.1 Å². The molecule has 1 heterocycles. The Kier molecular flexibility index (Phi) is 4.38. The van der Waals surface area contributed by atoms with Gasteiger partial charge in [-0.1, -0.05) is 12.1 Å². The molecule has 6 nitrogen and oxygen atoms in total. The van der Waals surface area contributed by atoms with Gasteiger partial charge >= 0.3 is 0 Å². The second-order valence-electron chi connectivity index (χ2n) is 3.33. The standard InChI is InChI=1S/C10H15N3O3/c1-2-4-13(6-9(11)12-15)10(14)8-3-5-16-7-8/h3,5,7,15H,2,4,6H2,1H3,(H2,11,12). The maximum Gasteiger partial charge on any atom is 0.257 e. The number of carbonyl (C=O) groups excluding carboxylic acids is 1. The second kappa shape index (κ2) is 5.79. The van der Waals surface area contributed by atoms with Crippen molar-refractivity contribution < 1.29 is 14.4 Å². The molecule has 0 spiro atoms. The van der Waals surface area contributed by atoms with Crippen molar-refractivity contribution in [3.8, 4) is 0 Å². The summed E-state index contributed by atoms with van der Waals surface area (Å²) in [6.07, 6.45) is 3.60. The van der Waals surface area contributed by atoms with E-state index in [0.717, 1.165) is 6.42 Å². The first-order valence-electron chi connectivity index (χ1n) is 4.97. The molecule has 3 N–H and O–H groups in total. The average Bonchev–Trinajstić information content (AvgIpc) is 2.80. The molecule has 0 aliphatic rings. The molecule has 1 aromatic heterocycles. The molecule has 0 saturated carbocycles. The van der Waals surface area contributed by atoms with Gasteiger partial charge in [0.1, 0.15) is 6.26 Å². The Bertz CT molecular complexity index is 359. The molecule has 0 aromatic carbocycles. The lowest BCUT2D eigenvalue weighted by atomic mass is 10.2. The van der Waals surface area contributed by atoms with Crippen molar-refractivity contribution in [2.75, 3.05) is 13.1 Å². The third-order valence-corrected chi connectivity index (χ3v) is 2.03. The number of nitrogens with two attached hydrogens (primary N) is 1. The summed E-state index contributed by atoms with van der Waals surface area (Å²) in [5.74, 6) is -0.188. The smallest absolute Gasteiger partial charge is 0.257 e. The number of nitrogens with zero attached hydrogens (tertiary/aromatic N) is 2. The Morgan fingerprint density at radius 1 is 1.69 bits per heavy atom. The van der Waals surface area contributed by atoms with Gasteiger partial charge in [0, 0.05) is 6.54 Å². The summed E-state index contributed by atoms with van der Waals surface area (Å²) in [5, 5.41) is 11.3. The van der Waals surface area contributed by atoms with Crippen molar-refractivity contribution in [3.05, 3.63) is 24.2 Å². The Morgan fingerprint density at radius 2 is 2.44 bits per heavy atom. The van der Waals surface area contributed by atoms with Crippen LogP contribution in [0.15, 0.2) is 28.2 Å². The number of oxime groups is 1. The lowest BCUT2D eigenvalue weighted by molar-refractivity contribution is 0.0777. The van der Waals surface area contributed by atoms with Crippen molar-refractivity contribution in [3.63, 3.8) is 0 Å². The van der Waals surface area contributed by atoms with Gasteiger partial charge in [-0.25, -0.2) is 0 Å². The molecule has 0 aliphatic heterocycles. The fourth-order valence-electron chi connectivity index (χ4n) is 1.32. The summed E-state index contributed by atoms with van der Waals surface area (Å²) >= 11 is 0. The van der Waals surface area contributed by atoms with E-state index in [1.807, 2.05) is 6.92 Å². The van der Waals surface area contributed by atoms with Crippen LogP contribution in [0.25, 0.3) is 0 Å². The van der Waals surface area contributed by atoms with E-state index in [2.05, 4.69) is 5.16 Å². The van der Waals surface area contributed by atoms with Gasteiger partial charge in [-0.3, -0.25) is 4.79 Å². The highest BCUT2D eigenvalue weighted by Gasteiger charge is 2.17. The summed E-state index contributed by atoms with van der Waals surface area (Å²) in [4.78, 5) is 13.4. The van der Waals surface area contributed by atoms with Crippen molar-refractivity contribution >= 4 is 11.7 Å². The van der Waals surface area contributed by atoms with E-state index in [9.17, 15) is 4.79 Å². The van der Waals surface area contributed by atoms with Crippen molar-refractivity contribution in [2.24, 2.45) is 10.9 Å². The van der Waals surface area contributed by atoms with E-state index in [4.69, 9.17) is 15.4 Å². The van der Waals surface area contributed by atoms with Crippen molar-refractivity contribution in [1.82, 2.24) is 4.90 Å². The van der Waals surface area contributed by atoms with Gasteiger partial charge in [0.05, 0.1) is 18.4 Å². The fraction of sp³-hybridized carbons (Fsp3) is 0.400. The Morgan fingerprint density at radius 3 is 2.94 bits per heavy atom. The maximum absolute atomic E-state index is 11.9. The molecule has 1 rings (SSSR count). The van der Waals surface area contributed by atoms with E-state index in [0.29, 0.717) is 12.1 Å². The molecular formula is C10H15N3O3. The number of hydrogen-bond acceptors (Lipinski definition) is 4. The van der Waals surface area contributed by atoms with Crippen LogP contribution in [0, 0.1) is 0 Å². The summed E-state index contributed by atoms with van der Waals surface area (Å²) in [7, 11) is 0. The molecule has 6 heteroatoms. The largest absolute Gasteiger partial charge is 0.472 e. The third-order valence-electron chi connectivity index (χ3n) is 2.03. The molecule has 0 fully saturated rings. The molecule has 0 atom stereocenters. The van der Waals surface area contributed by atoms with Gasteiger partial charge in [-0.05, 0) is 12.5 Å². The lowest BCUT2D eigenvalue weighted by Crippen LogP contribution is -2.38. The summed E-state index contributed by atoms with van der Waals surface area (Å²) in [6.45, 7) is 2.59. The third kappa shape index (κ3) is 3.01. The van der Waals surface area contributed by atoms with Crippen LogP contribution in [-0.2, 0) is 0 Å². The first kappa shape index (κ1) is 12.1. The second-order valence-corrected chi connectivity index (χ2v) is 3.33. The minimum Gasteiger partial charge on any atom is -0.472 e. The summed E-state index contributed by atoms with van der Waals surface area (Å²) < 4.78 is 4.84. The molecule has 0 aliphatic carbocycles. The predicted octanol–water partition coefficient (Wildman–Crippen LogP) is 0.878. The Labute approximate surface area is 93.3 Å². The zero-order chi connectivity index (χ0) is 12.0. The van der Waals surface area contributed by atoms with Crippen LogP contribution in [-0.4, -0.2) is 34.9 Å². The normalized spacial score (nSPS) is 11.4. The van der Waals surface area contributed by atoms with Crippen LogP contribution in [0.4, 0.5) is 0 Å². The van der Waals surface area contributed by atoms with E-state index in [1.54, 1.807) is 6.07 Å². The van der Waals surface area contributed by atoms with E-state index in [1.165, 1.54) is 17.4 Å². The van der Waals surface area contributed by atoms with E-state index in [-0.39, 0.29) is 18.3 Å². The average molecular weight is 225 g/mol. The van der Waals surface area contributed by atoms with Crippen LogP contribution >= 0.6 is 0 Å². The molecule has 0 unspecified atom stereocenters.